The molecular weight excluding hydrogens is 478 g/mol. The van der Waals surface area contributed by atoms with Gasteiger partial charge in [-0.25, -0.2) is 28.2 Å². The van der Waals surface area contributed by atoms with Gasteiger partial charge in [0.2, 0.25) is 5.95 Å². The fourth-order valence-electron chi connectivity index (χ4n) is 3.46. The van der Waals surface area contributed by atoms with Crippen molar-refractivity contribution >= 4 is 33.2 Å². The number of nitrogens with zero attached hydrogens (tertiary/aromatic N) is 3. The van der Waals surface area contributed by atoms with E-state index in [1.807, 2.05) is 18.2 Å². The van der Waals surface area contributed by atoms with E-state index in [0.29, 0.717) is 28.5 Å². The molecule has 0 saturated carbocycles. The second-order valence-corrected chi connectivity index (χ2v) is 11.3. The van der Waals surface area contributed by atoms with Crippen molar-refractivity contribution in [3.63, 3.8) is 0 Å². The molecule has 0 aliphatic rings. The van der Waals surface area contributed by atoms with E-state index in [-0.39, 0.29) is 16.3 Å². The van der Waals surface area contributed by atoms with Crippen LogP contribution in [0.3, 0.4) is 0 Å². The number of H-pyrrole nitrogens is 1. The van der Waals surface area contributed by atoms with Crippen LogP contribution in [0.4, 0.5) is 22.1 Å². The lowest BCUT2D eigenvalue weighted by atomic mass is 9.96. The fourth-order valence-corrected chi connectivity index (χ4v) is 4.09. The van der Waals surface area contributed by atoms with Crippen LogP contribution >= 0.6 is 0 Å². The number of aromatic amines is 1. The average Bonchev–Trinajstić information content (AvgIpc) is 3.25. The molecule has 2 amide bonds. The fraction of sp³-hybridized carbons (Fsp3) is 0.200. The number of hydrogen-bond donors (Lipinski definition) is 4. The van der Waals surface area contributed by atoms with Crippen molar-refractivity contribution in [1.29, 1.82) is 0 Å². The van der Waals surface area contributed by atoms with E-state index in [4.69, 9.17) is 10.7 Å². The van der Waals surface area contributed by atoms with Gasteiger partial charge in [-0.05, 0) is 42.5 Å². The van der Waals surface area contributed by atoms with E-state index in [1.165, 1.54) is 24.3 Å². The van der Waals surface area contributed by atoms with Crippen molar-refractivity contribution in [2.75, 3.05) is 22.6 Å². The Morgan fingerprint density at radius 1 is 0.972 bits per heavy atom. The molecule has 0 aliphatic carbocycles. The van der Waals surface area contributed by atoms with Gasteiger partial charge in [0, 0.05) is 34.8 Å². The molecular formula is C25H27N7O3S. The van der Waals surface area contributed by atoms with Gasteiger partial charge in [-0.2, -0.15) is 0 Å². The maximum Gasteiger partial charge on any atom is 0.323 e. The standard InChI is InChI=1S/C25H27N7O3S/c1-25(2,3)22-31-20(21(32-22)19-12-13-27-23(26)30-19)15-6-5-7-17(14-15)29-24(33)28-16-8-10-18(11-9-16)36(4,34)35/h5-14H,1-4H3,(H,31,32)(H2,26,27,30)(H2,28,29,33). The molecule has 2 aromatic heterocycles. The first kappa shape index (κ1) is 24.9. The number of aromatic nitrogens is 4. The summed E-state index contributed by atoms with van der Waals surface area (Å²) in [6.45, 7) is 6.16. The van der Waals surface area contributed by atoms with Crippen molar-refractivity contribution in [2.24, 2.45) is 0 Å². The van der Waals surface area contributed by atoms with Gasteiger partial charge in [0.1, 0.15) is 5.82 Å². The van der Waals surface area contributed by atoms with Gasteiger partial charge < -0.3 is 21.4 Å². The highest BCUT2D eigenvalue weighted by Gasteiger charge is 2.23. The summed E-state index contributed by atoms with van der Waals surface area (Å²) in [6.07, 6.45) is 2.72. The molecule has 0 saturated heterocycles. The van der Waals surface area contributed by atoms with Gasteiger partial charge in [-0.15, -0.1) is 0 Å². The van der Waals surface area contributed by atoms with Crippen LogP contribution in [-0.2, 0) is 15.3 Å². The Labute approximate surface area is 209 Å². The van der Waals surface area contributed by atoms with E-state index in [1.54, 1.807) is 18.3 Å². The first-order chi connectivity index (χ1) is 16.9. The van der Waals surface area contributed by atoms with Gasteiger partial charge in [0.25, 0.3) is 0 Å². The normalized spacial score (nSPS) is 11.8. The molecule has 4 rings (SSSR count). The molecule has 0 spiro atoms. The SMILES string of the molecule is CC(C)(C)c1nc(-c2cccc(NC(=O)Nc3ccc(S(C)(=O)=O)cc3)c2)c(-c2ccnc(N)n2)[nH]1. The molecule has 0 fully saturated rings. The highest BCUT2D eigenvalue weighted by molar-refractivity contribution is 7.90. The number of nitrogens with one attached hydrogen (secondary N) is 3. The quantitative estimate of drug-likeness (QED) is 0.312. The van der Waals surface area contributed by atoms with Crippen LogP contribution in [0.25, 0.3) is 22.6 Å². The van der Waals surface area contributed by atoms with E-state index >= 15 is 0 Å². The molecule has 4 aromatic rings. The van der Waals surface area contributed by atoms with Crippen molar-refractivity contribution < 1.29 is 13.2 Å². The van der Waals surface area contributed by atoms with E-state index in [9.17, 15) is 13.2 Å². The third-order valence-corrected chi connectivity index (χ3v) is 6.41. The molecule has 2 heterocycles. The number of imidazole rings is 1. The maximum absolute atomic E-state index is 12.6. The number of benzene rings is 2. The molecule has 11 heteroatoms. The van der Waals surface area contributed by atoms with Crippen molar-refractivity contribution in [3.8, 4) is 22.6 Å². The number of nitrogens with two attached hydrogens (primary N) is 1. The number of carbonyl (C=O) groups excluding carboxylic acids is 1. The smallest absolute Gasteiger partial charge is 0.323 e. The first-order valence-electron chi connectivity index (χ1n) is 11.1. The lowest BCUT2D eigenvalue weighted by molar-refractivity contribution is 0.262. The number of anilines is 3. The van der Waals surface area contributed by atoms with Gasteiger partial charge in [-0.1, -0.05) is 32.9 Å². The van der Waals surface area contributed by atoms with Crippen LogP contribution in [-0.4, -0.2) is 40.6 Å². The molecule has 0 radical (unpaired) electrons. The summed E-state index contributed by atoms with van der Waals surface area (Å²) >= 11 is 0. The Bertz CT molecular complexity index is 1520. The second-order valence-electron chi connectivity index (χ2n) is 9.32. The van der Waals surface area contributed by atoms with Gasteiger partial charge in [0.05, 0.1) is 22.0 Å². The summed E-state index contributed by atoms with van der Waals surface area (Å²) in [5.74, 6) is 0.931. The number of rotatable bonds is 5. The van der Waals surface area contributed by atoms with Gasteiger partial charge in [-0.3, -0.25) is 0 Å². The Morgan fingerprint density at radius 2 is 1.67 bits per heavy atom. The molecule has 0 bridgehead atoms. The lowest BCUT2D eigenvalue weighted by Gasteiger charge is -2.14. The summed E-state index contributed by atoms with van der Waals surface area (Å²) in [5, 5.41) is 5.50. The molecule has 0 aliphatic heterocycles. The third-order valence-electron chi connectivity index (χ3n) is 5.28. The largest absolute Gasteiger partial charge is 0.368 e. The summed E-state index contributed by atoms with van der Waals surface area (Å²) in [7, 11) is -3.31. The minimum atomic E-state index is -3.31. The number of amides is 2. The zero-order valence-electron chi connectivity index (χ0n) is 20.3. The number of carbonyl (C=O) groups is 1. The summed E-state index contributed by atoms with van der Waals surface area (Å²) in [4.78, 5) is 29.3. The third kappa shape index (κ3) is 5.69. The molecule has 36 heavy (non-hydrogen) atoms. The molecule has 2 aromatic carbocycles. The van der Waals surface area contributed by atoms with Gasteiger partial charge in [0.15, 0.2) is 9.84 Å². The second kappa shape index (κ2) is 9.42. The number of sulfone groups is 1. The predicted octanol–water partition coefficient (Wildman–Crippen LogP) is 4.46. The van der Waals surface area contributed by atoms with Crippen molar-refractivity contribution in [3.05, 3.63) is 66.6 Å². The molecule has 5 N–H and O–H groups in total. The monoisotopic (exact) mass is 505 g/mol. The Morgan fingerprint density at radius 3 is 2.31 bits per heavy atom. The lowest BCUT2D eigenvalue weighted by Crippen LogP contribution is -2.19. The van der Waals surface area contributed by atoms with Gasteiger partial charge >= 0.3 is 6.03 Å². The average molecular weight is 506 g/mol. The minimum absolute atomic E-state index is 0.155. The summed E-state index contributed by atoms with van der Waals surface area (Å²) < 4.78 is 23.2. The zero-order chi connectivity index (χ0) is 26.1. The van der Waals surface area contributed by atoms with Crippen molar-refractivity contribution in [1.82, 2.24) is 19.9 Å². The first-order valence-corrected chi connectivity index (χ1v) is 13.0. The van der Waals surface area contributed by atoms with Crippen LogP contribution in [0.1, 0.15) is 26.6 Å². The van der Waals surface area contributed by atoms with Crippen molar-refractivity contribution in [2.45, 2.75) is 31.1 Å². The predicted molar refractivity (Wildman–Crippen MR) is 140 cm³/mol. The Kier molecular flexibility index (Phi) is 6.51. The molecule has 186 valence electrons. The summed E-state index contributed by atoms with van der Waals surface area (Å²) in [5.41, 5.74) is 9.31. The maximum atomic E-state index is 12.6. The molecule has 10 nitrogen and oxygen atoms in total. The highest BCUT2D eigenvalue weighted by Crippen LogP contribution is 2.33. The molecule has 0 atom stereocenters. The van der Waals surface area contributed by atoms with Crippen LogP contribution in [0.5, 0.6) is 0 Å². The molecule has 0 unspecified atom stereocenters. The van der Waals surface area contributed by atoms with E-state index < -0.39 is 15.9 Å². The number of hydrogen-bond acceptors (Lipinski definition) is 7. The summed E-state index contributed by atoms with van der Waals surface area (Å²) in [6, 6.07) is 14.5. The Balaban J connectivity index is 1.60. The topological polar surface area (TPSA) is 156 Å². The van der Waals surface area contributed by atoms with Crippen LogP contribution in [0.2, 0.25) is 0 Å². The Hall–Kier alpha value is -4.25. The van der Waals surface area contributed by atoms with Crippen LogP contribution in [0.15, 0.2) is 65.7 Å². The highest BCUT2D eigenvalue weighted by atomic mass is 32.2. The van der Waals surface area contributed by atoms with E-state index in [2.05, 4.69) is 46.4 Å². The van der Waals surface area contributed by atoms with Crippen LogP contribution in [0, 0.1) is 0 Å². The van der Waals surface area contributed by atoms with E-state index in [0.717, 1.165) is 17.6 Å². The van der Waals surface area contributed by atoms with Crippen LogP contribution < -0.4 is 16.4 Å². The minimum Gasteiger partial charge on any atom is -0.368 e. The number of nitrogen functional groups attached to an aromatic ring is 1. The zero-order valence-corrected chi connectivity index (χ0v) is 21.1. The number of urea groups is 1.